The number of aryl methyl sites for hydroxylation is 1. The van der Waals surface area contributed by atoms with Gasteiger partial charge in [-0.1, -0.05) is 79.6 Å². The van der Waals surface area contributed by atoms with E-state index in [1.807, 2.05) is 60.7 Å². The van der Waals surface area contributed by atoms with Crippen molar-refractivity contribution in [3.8, 4) is 28.7 Å². The molecule has 6 atom stereocenters. The average Bonchev–Trinajstić information content (AvgIpc) is 3.76. The lowest BCUT2D eigenvalue weighted by atomic mass is 9.49. The Morgan fingerprint density at radius 1 is 0.738 bits per heavy atom. The van der Waals surface area contributed by atoms with Gasteiger partial charge in [-0.25, -0.2) is 0 Å². The van der Waals surface area contributed by atoms with Crippen LogP contribution in [0.15, 0.2) is 97.1 Å². The molecule has 2 fully saturated rings. The predicted octanol–water partition coefficient (Wildman–Crippen LogP) is 9.88. The molecule has 0 bridgehead atoms. The monoisotopic (exact) mass is 822 g/mol. The zero-order chi connectivity index (χ0) is 42.5. The van der Waals surface area contributed by atoms with Crippen LogP contribution < -0.4 is 9.47 Å². The van der Waals surface area contributed by atoms with Crippen molar-refractivity contribution >= 4 is 28.8 Å². The summed E-state index contributed by atoms with van der Waals surface area (Å²) in [5.41, 5.74) is 4.64. The molecule has 4 aliphatic carbocycles. The summed E-state index contributed by atoms with van der Waals surface area (Å²) in [4.78, 5) is 28.4. The highest BCUT2D eigenvalue weighted by atomic mass is 16.6. The second-order valence-electron chi connectivity index (χ2n) is 17.8. The van der Waals surface area contributed by atoms with E-state index >= 15 is 4.79 Å². The zero-order valence-electron chi connectivity index (χ0n) is 35.1. The molecule has 0 aliphatic heterocycles. The molecule has 0 heterocycles. The molecule has 0 saturated heterocycles. The number of allylic oxidation sites excluding steroid dienone is 1. The highest BCUT2D eigenvalue weighted by molar-refractivity contribution is 5.89. The van der Waals surface area contributed by atoms with Crippen LogP contribution in [0, 0.1) is 17.3 Å². The van der Waals surface area contributed by atoms with E-state index in [0.29, 0.717) is 56.4 Å². The van der Waals surface area contributed by atoms with E-state index in [-0.39, 0.29) is 41.0 Å². The number of hydrogen-bond donors (Lipinski definition) is 3. The van der Waals surface area contributed by atoms with E-state index in [1.54, 1.807) is 26.4 Å². The van der Waals surface area contributed by atoms with Gasteiger partial charge in [0.25, 0.3) is 0 Å². The summed E-state index contributed by atoms with van der Waals surface area (Å²) in [7, 11) is 3.10. The number of carbonyl (C=O) groups excluding carboxylic acids is 2. The number of aromatic hydroxyl groups is 3. The fourth-order valence-electron chi connectivity index (χ4n) is 11.7. The molecular formula is C52H54O9. The van der Waals surface area contributed by atoms with Crippen molar-refractivity contribution in [3.63, 3.8) is 0 Å². The van der Waals surface area contributed by atoms with Crippen LogP contribution in [0.4, 0.5) is 0 Å². The number of phenols is 3. The van der Waals surface area contributed by atoms with Crippen LogP contribution in [0.25, 0.3) is 16.8 Å². The maximum absolute atomic E-state index is 15.1. The van der Waals surface area contributed by atoms with Crippen LogP contribution in [0.5, 0.6) is 28.7 Å². The lowest BCUT2D eigenvalue weighted by Gasteiger charge is -2.56. The summed E-state index contributed by atoms with van der Waals surface area (Å²) in [6.07, 6.45) is 9.73. The Bertz CT molecular complexity index is 2500. The summed E-state index contributed by atoms with van der Waals surface area (Å²) in [6, 6.07) is 29.0. The maximum Gasteiger partial charge on any atom is 0.316 e. The maximum atomic E-state index is 15.1. The van der Waals surface area contributed by atoms with Crippen molar-refractivity contribution in [2.75, 3.05) is 14.2 Å². The van der Waals surface area contributed by atoms with Crippen LogP contribution in [-0.2, 0) is 43.7 Å². The van der Waals surface area contributed by atoms with E-state index < -0.39 is 29.0 Å². The Morgan fingerprint density at radius 3 is 2.18 bits per heavy atom. The van der Waals surface area contributed by atoms with Gasteiger partial charge in [0.2, 0.25) is 0 Å². The first-order valence-corrected chi connectivity index (χ1v) is 21.6. The van der Waals surface area contributed by atoms with E-state index in [0.717, 1.165) is 63.4 Å². The molecule has 0 amide bonds. The summed E-state index contributed by atoms with van der Waals surface area (Å²) < 4.78 is 24.7. The molecule has 5 aromatic carbocycles. The highest BCUT2D eigenvalue weighted by Crippen LogP contribution is 2.60. The van der Waals surface area contributed by atoms with Gasteiger partial charge in [0.15, 0.2) is 23.0 Å². The first-order valence-electron chi connectivity index (χ1n) is 21.6. The SMILES string of the molecule is COc1cc2c(cc1O)C[C@@]1(/C=C/c3ccccc3)[C@H](C2)[C@H](OC(C)=O)C[C@@H](OC(=O)C2(c3ccc4cc(O)ccc4c3)CCCC2)C[C@H]2c3cc(OC)c(O)cc3CC[C@@H]21. The molecule has 9 nitrogen and oxygen atoms in total. The van der Waals surface area contributed by atoms with Gasteiger partial charge in [-0.05, 0) is 137 Å². The lowest BCUT2D eigenvalue weighted by Crippen LogP contribution is -2.54. The van der Waals surface area contributed by atoms with Crippen LogP contribution in [0.1, 0.15) is 91.2 Å². The second kappa shape index (κ2) is 16.1. The van der Waals surface area contributed by atoms with Gasteiger partial charge in [-0.3, -0.25) is 9.59 Å². The van der Waals surface area contributed by atoms with Crippen LogP contribution in [-0.4, -0.2) is 53.7 Å². The molecule has 0 radical (unpaired) electrons. The number of ether oxygens (including phenoxy) is 4. The van der Waals surface area contributed by atoms with Crippen molar-refractivity contribution in [3.05, 3.63) is 130 Å². The fraction of sp³-hybridized carbons (Fsp3) is 0.385. The van der Waals surface area contributed by atoms with Gasteiger partial charge in [0, 0.05) is 24.7 Å². The number of methoxy groups -OCH3 is 2. The van der Waals surface area contributed by atoms with Crippen molar-refractivity contribution in [2.45, 2.75) is 94.7 Å². The molecule has 316 valence electrons. The van der Waals surface area contributed by atoms with Crippen LogP contribution in [0.2, 0.25) is 0 Å². The van der Waals surface area contributed by atoms with Gasteiger partial charge < -0.3 is 34.3 Å². The first-order chi connectivity index (χ1) is 29.5. The molecule has 0 spiro atoms. The van der Waals surface area contributed by atoms with Gasteiger partial charge in [-0.2, -0.15) is 0 Å². The number of fused-ring (bicyclic) bond motifs is 7. The summed E-state index contributed by atoms with van der Waals surface area (Å²) >= 11 is 0. The second-order valence-corrected chi connectivity index (χ2v) is 17.8. The third-order valence-corrected chi connectivity index (χ3v) is 14.5. The molecule has 0 unspecified atom stereocenters. The number of rotatable bonds is 8. The smallest absolute Gasteiger partial charge is 0.316 e. The summed E-state index contributed by atoms with van der Waals surface area (Å²) in [5, 5.41) is 34.1. The van der Waals surface area contributed by atoms with Gasteiger partial charge in [-0.15, -0.1) is 0 Å². The Balaban J connectivity index is 1.20. The molecule has 9 heteroatoms. The molecule has 4 aliphatic rings. The fourth-order valence-corrected chi connectivity index (χ4v) is 11.7. The first kappa shape index (κ1) is 40.4. The molecule has 0 aromatic heterocycles. The van der Waals surface area contributed by atoms with E-state index in [1.165, 1.54) is 6.92 Å². The van der Waals surface area contributed by atoms with E-state index in [9.17, 15) is 20.1 Å². The standard InChI is InChI=1S/C52H54O9/c1-31(53)60-47-28-40(61-50(57)51(18-7-8-19-51)38-14-11-34-22-39(54)15-12-33(34)21-38)27-42-41-29-49(59-3)45(55)24-35(41)13-16-43(42)52(20-17-32-9-5-4-6-10-32)30-37-25-46(56)48(58-2)26-36(37)23-44(47)52/h4-6,9-12,14-15,17,20-22,24-26,29,40,42-44,47,54-56H,7-8,13,16,18-19,23,27-28,30H2,1-3H3/b20-17+/t40-,42-,43-,44+,47+,52+/m0/s1. The minimum Gasteiger partial charge on any atom is -0.508 e. The van der Waals surface area contributed by atoms with Crippen molar-refractivity contribution in [2.24, 2.45) is 17.3 Å². The zero-order valence-corrected chi connectivity index (χ0v) is 35.1. The lowest BCUT2D eigenvalue weighted by molar-refractivity contribution is -0.168. The number of benzene rings is 5. The van der Waals surface area contributed by atoms with Gasteiger partial charge in [0.05, 0.1) is 19.6 Å². The number of hydrogen-bond acceptors (Lipinski definition) is 9. The van der Waals surface area contributed by atoms with Crippen molar-refractivity contribution in [1.29, 1.82) is 0 Å². The normalized spacial score (nSPS) is 25.3. The minimum absolute atomic E-state index is 0.0338. The van der Waals surface area contributed by atoms with Crippen LogP contribution in [0.3, 0.4) is 0 Å². The molecular weight excluding hydrogens is 769 g/mol. The Labute approximate surface area is 356 Å². The Morgan fingerprint density at radius 2 is 1.44 bits per heavy atom. The molecule has 61 heavy (non-hydrogen) atoms. The van der Waals surface area contributed by atoms with Crippen molar-refractivity contribution < 1.29 is 43.9 Å². The highest BCUT2D eigenvalue weighted by Gasteiger charge is 2.56. The predicted molar refractivity (Wildman–Crippen MR) is 233 cm³/mol. The summed E-state index contributed by atoms with van der Waals surface area (Å²) in [5.74, 6) is 0.0431. The molecule has 2 saturated carbocycles. The number of esters is 2. The minimum atomic E-state index is -0.852. The van der Waals surface area contributed by atoms with Crippen LogP contribution >= 0.6 is 0 Å². The van der Waals surface area contributed by atoms with Gasteiger partial charge in [0.1, 0.15) is 18.0 Å². The Hall–Kier alpha value is -5.96. The number of carbonyl (C=O) groups is 2. The quantitative estimate of drug-likeness (QED) is 0.131. The average molecular weight is 823 g/mol. The topological polar surface area (TPSA) is 132 Å². The van der Waals surface area contributed by atoms with E-state index in [4.69, 9.17) is 18.9 Å². The summed E-state index contributed by atoms with van der Waals surface area (Å²) in [6.45, 7) is 1.45. The third kappa shape index (κ3) is 7.36. The van der Waals surface area contributed by atoms with Gasteiger partial charge >= 0.3 is 11.9 Å². The Kier molecular flexibility index (Phi) is 10.7. The molecule has 5 aromatic rings. The van der Waals surface area contributed by atoms with E-state index in [2.05, 4.69) is 30.4 Å². The number of phenolic OH excluding ortho intramolecular Hbond substituents is 3. The largest absolute Gasteiger partial charge is 0.508 e. The van der Waals surface area contributed by atoms with Crippen molar-refractivity contribution in [1.82, 2.24) is 0 Å². The molecule has 3 N–H and O–H groups in total. The molecule has 9 rings (SSSR count). The third-order valence-electron chi connectivity index (χ3n) is 14.5.